The highest BCUT2D eigenvalue weighted by molar-refractivity contribution is 5.00. The van der Waals surface area contributed by atoms with Gasteiger partial charge in [0.15, 0.2) is 0 Å². The summed E-state index contributed by atoms with van der Waals surface area (Å²) in [6.45, 7) is 5.50. The van der Waals surface area contributed by atoms with Gasteiger partial charge < -0.3 is 4.74 Å². The topological polar surface area (TPSA) is 9.23 Å². The van der Waals surface area contributed by atoms with Crippen LogP contribution in [0.2, 0.25) is 0 Å². The summed E-state index contributed by atoms with van der Waals surface area (Å²) in [7, 11) is 0. The van der Waals surface area contributed by atoms with E-state index in [1.807, 2.05) is 38.2 Å². The van der Waals surface area contributed by atoms with Gasteiger partial charge in [-0.1, -0.05) is 24.3 Å². The van der Waals surface area contributed by atoms with Gasteiger partial charge in [-0.3, -0.25) is 0 Å². The molecule has 0 spiro atoms. The summed E-state index contributed by atoms with van der Waals surface area (Å²) in [5.41, 5.74) is 0. The molecule has 0 bridgehead atoms. The Labute approximate surface area is 57.0 Å². The Bertz CT molecular complexity index is 92.7. The summed E-state index contributed by atoms with van der Waals surface area (Å²) in [5.74, 6) is 0. The SMILES string of the molecule is CC=CC=CCOCC. The van der Waals surface area contributed by atoms with Gasteiger partial charge in [0.05, 0.1) is 6.61 Å². The number of rotatable bonds is 4. The van der Waals surface area contributed by atoms with Crippen LogP contribution in [0.25, 0.3) is 0 Å². The Morgan fingerprint density at radius 1 is 1.33 bits per heavy atom. The standard InChI is InChI=1S/C8H14O/c1-3-5-6-7-8-9-4-2/h3,5-7H,4,8H2,1-2H3. The molecular formula is C8H14O. The normalized spacial score (nSPS) is 11.8. The molecule has 0 aromatic rings. The summed E-state index contributed by atoms with van der Waals surface area (Å²) in [6, 6.07) is 0. The molecule has 0 atom stereocenters. The maximum absolute atomic E-state index is 5.06. The van der Waals surface area contributed by atoms with Gasteiger partial charge in [-0.25, -0.2) is 0 Å². The van der Waals surface area contributed by atoms with Crippen LogP contribution in [0.15, 0.2) is 24.3 Å². The molecule has 0 fully saturated rings. The Balaban J connectivity index is 3.04. The van der Waals surface area contributed by atoms with Crippen LogP contribution in [0, 0.1) is 0 Å². The molecule has 0 heterocycles. The van der Waals surface area contributed by atoms with Crippen molar-refractivity contribution in [1.82, 2.24) is 0 Å². The lowest BCUT2D eigenvalue weighted by Gasteiger charge is -1.89. The highest BCUT2D eigenvalue weighted by atomic mass is 16.5. The molecule has 0 saturated carbocycles. The molecule has 0 radical (unpaired) electrons. The smallest absolute Gasteiger partial charge is 0.0650 e. The predicted molar refractivity (Wildman–Crippen MR) is 40.4 cm³/mol. The van der Waals surface area contributed by atoms with Crippen LogP contribution in [-0.4, -0.2) is 13.2 Å². The average Bonchev–Trinajstić information content (AvgIpc) is 1.89. The summed E-state index contributed by atoms with van der Waals surface area (Å²) < 4.78 is 5.06. The molecule has 52 valence electrons. The fraction of sp³-hybridized carbons (Fsp3) is 0.500. The molecule has 0 saturated heterocycles. The van der Waals surface area contributed by atoms with E-state index < -0.39 is 0 Å². The van der Waals surface area contributed by atoms with Crippen molar-refractivity contribution in [2.24, 2.45) is 0 Å². The minimum atomic E-state index is 0.723. The van der Waals surface area contributed by atoms with E-state index in [0.29, 0.717) is 0 Å². The number of hydrogen-bond donors (Lipinski definition) is 0. The fourth-order valence-electron chi connectivity index (χ4n) is 0.431. The monoisotopic (exact) mass is 126 g/mol. The summed E-state index contributed by atoms with van der Waals surface area (Å²) in [6.07, 6.45) is 7.95. The molecule has 0 rings (SSSR count). The maximum Gasteiger partial charge on any atom is 0.0650 e. The number of allylic oxidation sites excluding steroid dienone is 3. The Kier molecular flexibility index (Phi) is 6.98. The lowest BCUT2D eigenvalue weighted by Crippen LogP contribution is -1.87. The molecule has 0 aromatic heterocycles. The molecule has 1 heteroatoms. The van der Waals surface area contributed by atoms with Crippen LogP contribution in [0.1, 0.15) is 13.8 Å². The van der Waals surface area contributed by atoms with E-state index in [0.717, 1.165) is 13.2 Å². The van der Waals surface area contributed by atoms with Crippen molar-refractivity contribution in [3.05, 3.63) is 24.3 Å². The average molecular weight is 126 g/mol. The Morgan fingerprint density at radius 3 is 2.67 bits per heavy atom. The molecule has 0 aliphatic carbocycles. The van der Waals surface area contributed by atoms with Crippen molar-refractivity contribution >= 4 is 0 Å². The van der Waals surface area contributed by atoms with E-state index in [4.69, 9.17) is 4.74 Å². The van der Waals surface area contributed by atoms with E-state index in [2.05, 4.69) is 0 Å². The van der Waals surface area contributed by atoms with E-state index in [-0.39, 0.29) is 0 Å². The largest absolute Gasteiger partial charge is 0.378 e. The maximum atomic E-state index is 5.06. The first-order chi connectivity index (χ1) is 4.41. The zero-order valence-corrected chi connectivity index (χ0v) is 6.13. The first kappa shape index (κ1) is 8.44. The van der Waals surface area contributed by atoms with Gasteiger partial charge in [0.1, 0.15) is 0 Å². The van der Waals surface area contributed by atoms with E-state index in [9.17, 15) is 0 Å². The molecular weight excluding hydrogens is 112 g/mol. The van der Waals surface area contributed by atoms with Gasteiger partial charge in [-0.2, -0.15) is 0 Å². The lowest BCUT2D eigenvalue weighted by molar-refractivity contribution is 0.177. The van der Waals surface area contributed by atoms with Crippen LogP contribution in [-0.2, 0) is 4.74 Å². The second-order valence-corrected chi connectivity index (χ2v) is 1.61. The third-order valence-corrected chi connectivity index (χ3v) is 0.858. The predicted octanol–water partition coefficient (Wildman–Crippen LogP) is 2.16. The fourth-order valence-corrected chi connectivity index (χ4v) is 0.431. The van der Waals surface area contributed by atoms with Gasteiger partial charge in [0.25, 0.3) is 0 Å². The van der Waals surface area contributed by atoms with Crippen molar-refractivity contribution in [3.8, 4) is 0 Å². The molecule has 0 unspecified atom stereocenters. The minimum Gasteiger partial charge on any atom is -0.378 e. The molecule has 0 aliphatic heterocycles. The van der Waals surface area contributed by atoms with Gasteiger partial charge in [-0.15, -0.1) is 0 Å². The Hall–Kier alpha value is -0.560. The van der Waals surface area contributed by atoms with Crippen molar-refractivity contribution in [2.45, 2.75) is 13.8 Å². The van der Waals surface area contributed by atoms with Crippen LogP contribution in [0.5, 0.6) is 0 Å². The molecule has 0 aromatic carbocycles. The van der Waals surface area contributed by atoms with Gasteiger partial charge >= 0.3 is 0 Å². The summed E-state index contributed by atoms with van der Waals surface area (Å²) in [4.78, 5) is 0. The number of hydrogen-bond acceptors (Lipinski definition) is 1. The quantitative estimate of drug-likeness (QED) is 0.414. The highest BCUT2D eigenvalue weighted by Crippen LogP contribution is 1.78. The van der Waals surface area contributed by atoms with Crippen LogP contribution in [0.4, 0.5) is 0 Å². The number of ether oxygens (including phenoxy) is 1. The third kappa shape index (κ3) is 7.44. The molecule has 1 nitrogen and oxygen atoms in total. The van der Waals surface area contributed by atoms with Crippen LogP contribution < -0.4 is 0 Å². The van der Waals surface area contributed by atoms with E-state index in [1.54, 1.807) is 0 Å². The summed E-state index contributed by atoms with van der Waals surface area (Å²) >= 11 is 0. The second-order valence-electron chi connectivity index (χ2n) is 1.61. The van der Waals surface area contributed by atoms with E-state index >= 15 is 0 Å². The van der Waals surface area contributed by atoms with Crippen molar-refractivity contribution in [1.29, 1.82) is 0 Å². The zero-order valence-electron chi connectivity index (χ0n) is 6.13. The Morgan fingerprint density at radius 2 is 2.11 bits per heavy atom. The molecule has 0 amide bonds. The van der Waals surface area contributed by atoms with Crippen molar-refractivity contribution in [3.63, 3.8) is 0 Å². The summed E-state index contributed by atoms with van der Waals surface area (Å²) in [5, 5.41) is 0. The minimum absolute atomic E-state index is 0.723. The van der Waals surface area contributed by atoms with Gasteiger partial charge in [0, 0.05) is 6.61 Å². The first-order valence-electron chi connectivity index (χ1n) is 3.27. The second kappa shape index (κ2) is 7.44. The molecule has 0 N–H and O–H groups in total. The first-order valence-corrected chi connectivity index (χ1v) is 3.27. The van der Waals surface area contributed by atoms with Gasteiger partial charge in [0.2, 0.25) is 0 Å². The molecule has 0 aliphatic rings. The third-order valence-electron chi connectivity index (χ3n) is 0.858. The van der Waals surface area contributed by atoms with Crippen LogP contribution in [0.3, 0.4) is 0 Å². The highest BCUT2D eigenvalue weighted by Gasteiger charge is 1.71. The zero-order chi connectivity index (χ0) is 6.95. The van der Waals surface area contributed by atoms with Gasteiger partial charge in [-0.05, 0) is 13.8 Å². The molecule has 9 heavy (non-hydrogen) atoms. The van der Waals surface area contributed by atoms with Crippen molar-refractivity contribution in [2.75, 3.05) is 13.2 Å². The van der Waals surface area contributed by atoms with E-state index in [1.165, 1.54) is 0 Å². The lowest BCUT2D eigenvalue weighted by atomic mass is 10.4. The van der Waals surface area contributed by atoms with Crippen LogP contribution >= 0.6 is 0 Å². The van der Waals surface area contributed by atoms with Crippen molar-refractivity contribution < 1.29 is 4.74 Å².